The van der Waals surface area contributed by atoms with Crippen molar-refractivity contribution in [3.05, 3.63) is 9.48 Å². The molecule has 0 bridgehead atoms. The van der Waals surface area contributed by atoms with Crippen molar-refractivity contribution in [2.45, 2.75) is 52.0 Å². The third kappa shape index (κ3) is 5.48. The molecule has 1 saturated carbocycles. The molecule has 4 nitrogen and oxygen atoms in total. The van der Waals surface area contributed by atoms with Crippen LogP contribution in [0.25, 0.3) is 0 Å². The van der Waals surface area contributed by atoms with E-state index in [-0.39, 0.29) is 6.47 Å². The summed E-state index contributed by atoms with van der Waals surface area (Å²) in [6.07, 6.45) is 6.70. The van der Waals surface area contributed by atoms with Gasteiger partial charge < -0.3 is 10.4 Å². The lowest BCUT2D eigenvalue weighted by atomic mass is 9.84. The van der Waals surface area contributed by atoms with E-state index in [2.05, 4.69) is 33.2 Å². The van der Waals surface area contributed by atoms with Crippen LogP contribution < -0.4 is 5.32 Å². The van der Waals surface area contributed by atoms with Crippen LogP contribution in [0, 0.1) is 12.8 Å². The Balaban J connectivity index is 0.000000550. The molecular formula is C13H21BrN2O2S. The summed E-state index contributed by atoms with van der Waals surface area (Å²) < 4.78 is 1.15. The van der Waals surface area contributed by atoms with Crippen molar-refractivity contribution in [2.75, 3.05) is 5.32 Å². The normalized spacial score (nSPS) is 22.3. The summed E-state index contributed by atoms with van der Waals surface area (Å²) >= 11 is 5.23. The molecule has 0 radical (unpaired) electrons. The average Bonchev–Trinajstić information content (AvgIpc) is 2.69. The summed E-state index contributed by atoms with van der Waals surface area (Å²) in [7, 11) is 0. The van der Waals surface area contributed by atoms with Crippen molar-refractivity contribution < 1.29 is 9.90 Å². The summed E-state index contributed by atoms with van der Waals surface area (Å²) in [6.45, 7) is 4.10. The molecule has 19 heavy (non-hydrogen) atoms. The Labute approximate surface area is 126 Å². The van der Waals surface area contributed by atoms with Gasteiger partial charge in [-0.2, -0.15) is 0 Å². The molecule has 1 aromatic rings. The molecule has 0 aromatic carbocycles. The first-order chi connectivity index (χ1) is 9.10. The molecule has 0 amide bonds. The van der Waals surface area contributed by atoms with Gasteiger partial charge in [0.2, 0.25) is 0 Å². The van der Waals surface area contributed by atoms with Crippen molar-refractivity contribution in [3.8, 4) is 0 Å². The van der Waals surface area contributed by atoms with Gasteiger partial charge in [0.25, 0.3) is 6.47 Å². The number of nitrogens with one attached hydrogen (secondary N) is 1. The third-order valence-electron chi connectivity index (χ3n) is 3.43. The zero-order chi connectivity index (χ0) is 14.3. The maximum Gasteiger partial charge on any atom is 0.290 e. The van der Waals surface area contributed by atoms with E-state index in [1.165, 1.54) is 32.1 Å². The zero-order valence-electron chi connectivity index (χ0n) is 11.4. The fourth-order valence-electron chi connectivity index (χ4n) is 2.41. The van der Waals surface area contributed by atoms with Crippen molar-refractivity contribution >= 4 is 38.9 Å². The first-order valence-electron chi connectivity index (χ1n) is 6.58. The highest BCUT2D eigenvalue weighted by Gasteiger charge is 2.21. The molecule has 2 unspecified atom stereocenters. The highest BCUT2D eigenvalue weighted by molar-refractivity contribution is 9.11. The van der Waals surface area contributed by atoms with E-state index in [0.717, 1.165) is 20.5 Å². The van der Waals surface area contributed by atoms with E-state index < -0.39 is 0 Å². The van der Waals surface area contributed by atoms with Crippen LogP contribution in [0.2, 0.25) is 0 Å². The number of rotatable bonds is 3. The number of anilines is 1. The Morgan fingerprint density at radius 3 is 2.79 bits per heavy atom. The lowest BCUT2D eigenvalue weighted by molar-refractivity contribution is -0.122. The van der Waals surface area contributed by atoms with Gasteiger partial charge in [0, 0.05) is 6.04 Å². The number of aryl methyl sites for hydroxylation is 1. The predicted octanol–water partition coefficient (Wildman–Crippen LogP) is 4.30. The number of nitrogens with zero attached hydrogens (tertiary/aromatic N) is 1. The topological polar surface area (TPSA) is 62.2 Å². The largest absolute Gasteiger partial charge is 0.483 e. The number of carbonyl (C=O) groups is 1. The lowest BCUT2D eigenvalue weighted by Gasteiger charge is -2.28. The maximum absolute atomic E-state index is 8.36. The highest BCUT2D eigenvalue weighted by Crippen LogP contribution is 2.32. The number of carboxylic acid groups (broad SMARTS) is 1. The summed E-state index contributed by atoms with van der Waals surface area (Å²) in [4.78, 5) is 12.9. The van der Waals surface area contributed by atoms with Gasteiger partial charge >= 0.3 is 0 Å². The fourth-order valence-corrected chi connectivity index (χ4v) is 3.73. The van der Waals surface area contributed by atoms with Crippen LogP contribution in [0.4, 0.5) is 5.13 Å². The zero-order valence-corrected chi connectivity index (χ0v) is 13.8. The quantitative estimate of drug-likeness (QED) is 0.799. The van der Waals surface area contributed by atoms with E-state index in [9.17, 15) is 0 Å². The molecule has 1 fully saturated rings. The minimum absolute atomic E-state index is 0.250. The fraction of sp³-hybridized carbons (Fsp3) is 0.692. The lowest BCUT2D eigenvalue weighted by Crippen LogP contribution is -2.26. The SMILES string of the molecule is CCC1CCCC(Nc2nc(C)c(Br)s2)C1.O=CO. The summed E-state index contributed by atoms with van der Waals surface area (Å²) in [5.74, 6) is 0.913. The first-order valence-corrected chi connectivity index (χ1v) is 8.18. The van der Waals surface area contributed by atoms with Gasteiger partial charge in [0.05, 0.1) is 9.48 Å². The van der Waals surface area contributed by atoms with Crippen LogP contribution in [0.15, 0.2) is 3.79 Å². The molecule has 2 atom stereocenters. The number of hydrogen-bond acceptors (Lipinski definition) is 4. The van der Waals surface area contributed by atoms with Crippen LogP contribution in [-0.4, -0.2) is 22.6 Å². The van der Waals surface area contributed by atoms with Gasteiger partial charge in [-0.05, 0) is 41.6 Å². The molecule has 0 spiro atoms. The molecule has 6 heteroatoms. The van der Waals surface area contributed by atoms with Gasteiger partial charge in [-0.1, -0.05) is 37.5 Å². The molecule has 108 valence electrons. The maximum atomic E-state index is 8.36. The average molecular weight is 349 g/mol. The van der Waals surface area contributed by atoms with Crippen molar-refractivity contribution in [1.82, 2.24) is 4.98 Å². The Bertz CT molecular complexity index is 378. The van der Waals surface area contributed by atoms with Crippen LogP contribution >= 0.6 is 27.3 Å². The van der Waals surface area contributed by atoms with E-state index in [0.29, 0.717) is 6.04 Å². The van der Waals surface area contributed by atoms with Gasteiger partial charge in [0.15, 0.2) is 5.13 Å². The molecule has 2 rings (SSSR count). The van der Waals surface area contributed by atoms with Gasteiger partial charge in [-0.3, -0.25) is 4.79 Å². The van der Waals surface area contributed by atoms with Crippen molar-refractivity contribution in [1.29, 1.82) is 0 Å². The second kappa shape index (κ2) is 8.53. The molecule has 1 aliphatic rings. The minimum atomic E-state index is -0.250. The first kappa shape index (κ1) is 16.4. The van der Waals surface area contributed by atoms with Gasteiger partial charge in [-0.25, -0.2) is 4.98 Å². The number of halogens is 1. The molecule has 0 saturated heterocycles. The Morgan fingerprint density at radius 1 is 1.58 bits per heavy atom. The summed E-state index contributed by atoms with van der Waals surface area (Å²) in [5.41, 5.74) is 1.09. The molecular weight excluding hydrogens is 328 g/mol. The van der Waals surface area contributed by atoms with Crippen molar-refractivity contribution in [2.24, 2.45) is 5.92 Å². The standard InChI is InChI=1S/C12H19BrN2S.CH2O2/c1-3-9-5-4-6-10(7-9)15-12-14-8(2)11(13)16-12;2-1-3/h9-10H,3-7H2,1-2H3,(H,14,15);1H,(H,2,3). The monoisotopic (exact) mass is 348 g/mol. The second-order valence-corrected chi connectivity index (χ2v) is 7.08. The number of hydrogen-bond donors (Lipinski definition) is 2. The predicted molar refractivity (Wildman–Crippen MR) is 82.9 cm³/mol. The van der Waals surface area contributed by atoms with Crippen LogP contribution in [-0.2, 0) is 4.79 Å². The molecule has 1 heterocycles. The van der Waals surface area contributed by atoms with E-state index in [1.54, 1.807) is 11.3 Å². The number of thiazole rings is 1. The van der Waals surface area contributed by atoms with Gasteiger partial charge in [0.1, 0.15) is 0 Å². The smallest absolute Gasteiger partial charge is 0.290 e. The second-order valence-electron chi connectivity index (χ2n) is 4.77. The summed E-state index contributed by atoms with van der Waals surface area (Å²) in [5, 5.41) is 11.5. The summed E-state index contributed by atoms with van der Waals surface area (Å²) in [6, 6.07) is 0.635. The third-order valence-corrected chi connectivity index (χ3v) is 5.36. The van der Waals surface area contributed by atoms with E-state index in [1.807, 2.05) is 6.92 Å². The minimum Gasteiger partial charge on any atom is -0.483 e. The van der Waals surface area contributed by atoms with Crippen molar-refractivity contribution in [3.63, 3.8) is 0 Å². The van der Waals surface area contributed by atoms with Gasteiger partial charge in [-0.15, -0.1) is 0 Å². The molecule has 1 aromatic heterocycles. The van der Waals surface area contributed by atoms with Crippen LogP contribution in [0.1, 0.15) is 44.7 Å². The Morgan fingerprint density at radius 2 is 2.26 bits per heavy atom. The molecule has 2 N–H and O–H groups in total. The number of aromatic nitrogens is 1. The Hall–Kier alpha value is -0.620. The molecule has 0 aliphatic heterocycles. The van der Waals surface area contributed by atoms with E-state index in [4.69, 9.17) is 9.90 Å². The van der Waals surface area contributed by atoms with Crippen LogP contribution in [0.3, 0.4) is 0 Å². The van der Waals surface area contributed by atoms with Crippen LogP contribution in [0.5, 0.6) is 0 Å². The highest BCUT2D eigenvalue weighted by atomic mass is 79.9. The van der Waals surface area contributed by atoms with E-state index >= 15 is 0 Å². The molecule has 1 aliphatic carbocycles. The Kier molecular flexibility index (Phi) is 7.38.